The Hall–Kier alpha value is -2.29. The van der Waals surface area contributed by atoms with Crippen molar-refractivity contribution < 1.29 is 14.6 Å². The first-order chi connectivity index (χ1) is 15.4. The van der Waals surface area contributed by atoms with Crippen molar-refractivity contribution in [2.45, 2.75) is 65.5 Å². The van der Waals surface area contributed by atoms with Gasteiger partial charge in [0, 0.05) is 38.5 Å². The average Bonchev–Trinajstić information content (AvgIpc) is 3.22. The lowest BCUT2D eigenvalue weighted by Crippen LogP contribution is -2.47. The van der Waals surface area contributed by atoms with Gasteiger partial charge in [-0.1, -0.05) is 42.0 Å². The molecule has 0 saturated heterocycles. The number of aliphatic hydroxyl groups excluding tert-OH is 1. The fourth-order valence-electron chi connectivity index (χ4n) is 4.12. The Morgan fingerprint density at radius 2 is 2.06 bits per heavy atom. The number of hydrogen-bond acceptors (Lipinski definition) is 6. The molecule has 32 heavy (non-hydrogen) atoms. The monoisotopic (exact) mass is 443 g/mol. The summed E-state index contributed by atoms with van der Waals surface area (Å²) in [6, 6.07) is 8.36. The second-order valence-electron chi connectivity index (χ2n) is 9.14. The second-order valence-corrected chi connectivity index (χ2v) is 9.14. The van der Waals surface area contributed by atoms with Crippen LogP contribution in [0.4, 0.5) is 0 Å². The summed E-state index contributed by atoms with van der Waals surface area (Å²) in [4.78, 5) is 17.0. The number of rotatable bonds is 6. The molecule has 0 spiro atoms. The highest BCUT2D eigenvalue weighted by Gasteiger charge is 2.28. The number of hydrogen-bond donors (Lipinski definition) is 1. The van der Waals surface area contributed by atoms with Crippen LogP contribution in [0, 0.1) is 12.8 Å². The Labute approximate surface area is 191 Å². The molecule has 176 valence electrons. The van der Waals surface area contributed by atoms with Crippen LogP contribution in [0.5, 0.6) is 0 Å². The van der Waals surface area contributed by atoms with Crippen LogP contribution in [0.2, 0.25) is 0 Å². The lowest BCUT2D eigenvalue weighted by atomic mass is 10.0. The van der Waals surface area contributed by atoms with Crippen LogP contribution in [0.25, 0.3) is 0 Å². The number of aromatic nitrogens is 3. The summed E-state index contributed by atoms with van der Waals surface area (Å²) >= 11 is 0. The van der Waals surface area contributed by atoms with E-state index in [9.17, 15) is 9.90 Å². The molecule has 2 aromatic rings. The smallest absolute Gasteiger partial charge is 0.222 e. The topological polar surface area (TPSA) is 83.7 Å². The highest BCUT2D eigenvalue weighted by molar-refractivity contribution is 5.76. The molecule has 1 aliphatic heterocycles. The molecule has 0 saturated carbocycles. The predicted molar refractivity (Wildman–Crippen MR) is 123 cm³/mol. The summed E-state index contributed by atoms with van der Waals surface area (Å²) < 4.78 is 8.22. The zero-order chi connectivity index (χ0) is 23.1. The van der Waals surface area contributed by atoms with E-state index in [1.54, 1.807) is 6.20 Å². The second kappa shape index (κ2) is 11.5. The zero-order valence-electron chi connectivity index (χ0n) is 19.8. The molecule has 2 heterocycles. The van der Waals surface area contributed by atoms with E-state index in [0.717, 1.165) is 18.8 Å². The standard InChI is InChI=1S/C24H37N5O3/c1-18-7-9-21(10-8-18)14-27(4)15-23-19(2)13-28(20(3)16-30)24(31)6-5-11-29-22(17-32-23)12-25-26-29/h7-10,12,19-20,23,30H,5-6,11,13-17H2,1-4H3/t19-,20+,23+/m0/s1. The maximum atomic E-state index is 12.9. The zero-order valence-corrected chi connectivity index (χ0v) is 19.8. The van der Waals surface area contributed by atoms with E-state index in [1.165, 1.54) is 11.1 Å². The molecule has 1 amide bonds. The van der Waals surface area contributed by atoms with Crippen molar-refractivity contribution in [1.29, 1.82) is 0 Å². The third-order valence-electron chi connectivity index (χ3n) is 6.20. The van der Waals surface area contributed by atoms with Gasteiger partial charge in [-0.25, -0.2) is 4.68 Å². The van der Waals surface area contributed by atoms with Crippen LogP contribution in [-0.2, 0) is 29.2 Å². The first-order valence-corrected chi connectivity index (χ1v) is 11.5. The van der Waals surface area contributed by atoms with Gasteiger partial charge in [0.2, 0.25) is 5.91 Å². The summed E-state index contributed by atoms with van der Waals surface area (Å²) in [5.74, 6) is 0.157. The minimum atomic E-state index is -0.222. The third kappa shape index (κ3) is 6.60. The van der Waals surface area contributed by atoms with Crippen LogP contribution < -0.4 is 0 Å². The minimum absolute atomic E-state index is 0.0511. The number of fused-ring (bicyclic) bond motifs is 1. The SMILES string of the molecule is Cc1ccc(CN(C)C[C@H]2OCc3cnnn3CCCC(=O)N([C@H](C)CO)C[C@@H]2C)cc1. The highest BCUT2D eigenvalue weighted by Crippen LogP contribution is 2.19. The molecular formula is C24H37N5O3. The van der Waals surface area contributed by atoms with E-state index in [1.807, 2.05) is 16.5 Å². The van der Waals surface area contributed by atoms with Gasteiger partial charge in [0.15, 0.2) is 0 Å². The minimum Gasteiger partial charge on any atom is -0.394 e. The van der Waals surface area contributed by atoms with E-state index in [0.29, 0.717) is 32.5 Å². The van der Waals surface area contributed by atoms with Crippen molar-refractivity contribution >= 4 is 5.91 Å². The van der Waals surface area contributed by atoms with Crippen molar-refractivity contribution in [2.24, 2.45) is 5.92 Å². The van der Waals surface area contributed by atoms with Gasteiger partial charge in [-0.2, -0.15) is 0 Å². The third-order valence-corrected chi connectivity index (χ3v) is 6.20. The van der Waals surface area contributed by atoms with Crippen molar-refractivity contribution in [1.82, 2.24) is 24.8 Å². The first kappa shape index (κ1) is 24.4. The van der Waals surface area contributed by atoms with Gasteiger partial charge in [-0.15, -0.1) is 5.10 Å². The fraction of sp³-hybridized carbons (Fsp3) is 0.625. The number of nitrogens with zero attached hydrogens (tertiary/aromatic N) is 5. The molecule has 8 heteroatoms. The van der Waals surface area contributed by atoms with Crippen molar-refractivity contribution in [3.8, 4) is 0 Å². The molecule has 8 nitrogen and oxygen atoms in total. The summed E-state index contributed by atoms with van der Waals surface area (Å²) in [6.07, 6.45) is 2.76. The Morgan fingerprint density at radius 3 is 2.78 bits per heavy atom. The molecular weight excluding hydrogens is 406 g/mol. The van der Waals surface area contributed by atoms with Gasteiger partial charge < -0.3 is 14.7 Å². The van der Waals surface area contributed by atoms with Crippen molar-refractivity contribution in [2.75, 3.05) is 26.7 Å². The van der Waals surface area contributed by atoms with Crippen LogP contribution >= 0.6 is 0 Å². The quantitative estimate of drug-likeness (QED) is 0.737. The van der Waals surface area contributed by atoms with E-state index in [2.05, 4.69) is 60.4 Å². The van der Waals surface area contributed by atoms with Crippen LogP contribution in [0.1, 0.15) is 43.5 Å². The number of amides is 1. The molecule has 3 atom stereocenters. The summed E-state index contributed by atoms with van der Waals surface area (Å²) in [5.41, 5.74) is 3.43. The lowest BCUT2D eigenvalue weighted by molar-refractivity contribution is -0.136. The van der Waals surface area contributed by atoms with Crippen LogP contribution in [0.3, 0.4) is 0 Å². The number of aliphatic hydroxyl groups is 1. The lowest BCUT2D eigenvalue weighted by Gasteiger charge is -2.35. The highest BCUT2D eigenvalue weighted by atomic mass is 16.5. The molecule has 3 rings (SSSR count). The molecule has 1 N–H and O–H groups in total. The Kier molecular flexibility index (Phi) is 8.78. The van der Waals surface area contributed by atoms with E-state index >= 15 is 0 Å². The van der Waals surface area contributed by atoms with E-state index in [-0.39, 0.29) is 30.6 Å². The van der Waals surface area contributed by atoms with E-state index in [4.69, 9.17) is 4.74 Å². The van der Waals surface area contributed by atoms with E-state index < -0.39 is 0 Å². The molecule has 0 fully saturated rings. The number of carbonyl (C=O) groups is 1. The number of ether oxygens (including phenoxy) is 1. The average molecular weight is 444 g/mol. The predicted octanol–water partition coefficient (Wildman–Crippen LogP) is 2.24. The Morgan fingerprint density at radius 1 is 1.31 bits per heavy atom. The number of aryl methyl sites for hydroxylation is 2. The number of carbonyl (C=O) groups excluding carboxylic acids is 1. The molecule has 1 aromatic carbocycles. The Balaban J connectivity index is 1.76. The normalized spacial score (nSPS) is 21.7. The fourth-order valence-corrected chi connectivity index (χ4v) is 4.12. The summed E-state index contributed by atoms with van der Waals surface area (Å²) in [7, 11) is 2.09. The van der Waals surface area contributed by atoms with Gasteiger partial charge in [0.25, 0.3) is 0 Å². The molecule has 0 radical (unpaired) electrons. The first-order valence-electron chi connectivity index (χ1n) is 11.5. The van der Waals surface area contributed by atoms with Crippen LogP contribution in [0.15, 0.2) is 30.5 Å². The molecule has 1 aliphatic rings. The summed E-state index contributed by atoms with van der Waals surface area (Å²) in [5, 5.41) is 17.9. The van der Waals surface area contributed by atoms with Gasteiger partial charge >= 0.3 is 0 Å². The van der Waals surface area contributed by atoms with Gasteiger partial charge in [0.05, 0.1) is 37.3 Å². The maximum absolute atomic E-state index is 12.9. The number of benzene rings is 1. The molecule has 0 unspecified atom stereocenters. The van der Waals surface area contributed by atoms with Crippen molar-refractivity contribution in [3.05, 3.63) is 47.3 Å². The molecule has 1 aromatic heterocycles. The molecule has 0 aliphatic carbocycles. The van der Waals surface area contributed by atoms with Crippen molar-refractivity contribution in [3.63, 3.8) is 0 Å². The van der Waals surface area contributed by atoms with Gasteiger partial charge in [-0.05, 0) is 32.9 Å². The van der Waals surface area contributed by atoms with Gasteiger partial charge in [-0.3, -0.25) is 9.69 Å². The largest absolute Gasteiger partial charge is 0.394 e. The number of likely N-dealkylation sites (N-methyl/N-ethyl adjacent to an activating group) is 1. The summed E-state index contributed by atoms with van der Waals surface area (Å²) in [6.45, 7) is 9.22. The van der Waals surface area contributed by atoms with Crippen LogP contribution in [-0.4, -0.2) is 74.7 Å². The van der Waals surface area contributed by atoms with Gasteiger partial charge in [0.1, 0.15) is 0 Å². The molecule has 0 bridgehead atoms. The Bertz CT molecular complexity index is 854. The maximum Gasteiger partial charge on any atom is 0.222 e.